The molecule has 1 aromatic carbocycles. The molecular weight excluding hydrogens is 210 g/mol. The van der Waals surface area contributed by atoms with Crippen molar-refractivity contribution in [3.8, 4) is 0 Å². The van der Waals surface area contributed by atoms with Crippen LogP contribution in [0.25, 0.3) is 11.6 Å². The molecule has 0 spiro atoms. The number of Topliss-reactive ketones (excluding diaryl/α,β-unsaturated/α-hetero) is 1. The molecule has 0 aliphatic heterocycles. The molecule has 0 amide bonds. The fourth-order valence-corrected chi connectivity index (χ4v) is 2.32. The molecule has 0 heterocycles. The number of carbonyl (C=O) groups excluding carboxylic acids is 1. The quantitative estimate of drug-likeness (QED) is 0.749. The van der Waals surface area contributed by atoms with Gasteiger partial charge in [0.25, 0.3) is 0 Å². The maximum atomic E-state index is 11.5. The van der Waals surface area contributed by atoms with Gasteiger partial charge >= 0.3 is 0 Å². The molecule has 3 rings (SSSR count). The van der Waals surface area contributed by atoms with Crippen molar-refractivity contribution in [2.75, 3.05) is 0 Å². The summed E-state index contributed by atoms with van der Waals surface area (Å²) in [6.07, 6.45) is 7.67. The number of rotatable bonds is 1. The van der Waals surface area contributed by atoms with Gasteiger partial charge in [-0.05, 0) is 40.7 Å². The standard InChI is InChI=1S/C15H13NO/c1-10(17)15(16)7-6-14-12(9-15)8-11-4-2-3-5-13(11)14/h2-9H,16H2,1H3. The Hall–Kier alpha value is -1.93. The Morgan fingerprint density at radius 2 is 2.06 bits per heavy atom. The first-order valence-electron chi connectivity index (χ1n) is 5.64. The topological polar surface area (TPSA) is 43.1 Å². The van der Waals surface area contributed by atoms with E-state index in [0.29, 0.717) is 0 Å². The minimum absolute atomic E-state index is 0.0374. The third-order valence-corrected chi connectivity index (χ3v) is 3.40. The van der Waals surface area contributed by atoms with Crippen LogP contribution in [0.15, 0.2) is 48.1 Å². The molecule has 2 N–H and O–H groups in total. The first kappa shape index (κ1) is 10.2. The second kappa shape index (κ2) is 3.28. The molecule has 2 aliphatic carbocycles. The van der Waals surface area contributed by atoms with E-state index < -0.39 is 5.54 Å². The molecule has 0 fully saturated rings. The zero-order valence-electron chi connectivity index (χ0n) is 9.60. The van der Waals surface area contributed by atoms with E-state index in [9.17, 15) is 4.79 Å². The summed E-state index contributed by atoms with van der Waals surface area (Å²) in [4.78, 5) is 11.5. The fourth-order valence-electron chi connectivity index (χ4n) is 2.32. The van der Waals surface area contributed by atoms with Crippen LogP contribution in [0.5, 0.6) is 0 Å². The Bertz CT molecular complexity index is 694. The van der Waals surface area contributed by atoms with Gasteiger partial charge in [-0.15, -0.1) is 0 Å². The summed E-state index contributed by atoms with van der Waals surface area (Å²) in [6, 6.07) is 8.19. The van der Waals surface area contributed by atoms with Crippen LogP contribution in [0, 0.1) is 0 Å². The van der Waals surface area contributed by atoms with Crippen LogP contribution in [0.1, 0.15) is 6.92 Å². The van der Waals surface area contributed by atoms with Crippen molar-refractivity contribution in [1.82, 2.24) is 0 Å². The molecule has 1 aromatic rings. The second-order valence-electron chi connectivity index (χ2n) is 4.57. The van der Waals surface area contributed by atoms with Gasteiger partial charge in [-0.2, -0.15) is 0 Å². The zero-order chi connectivity index (χ0) is 12.0. The monoisotopic (exact) mass is 223 g/mol. The predicted octanol–water partition coefficient (Wildman–Crippen LogP) is 0.414. The molecule has 0 saturated heterocycles. The van der Waals surface area contributed by atoms with Gasteiger partial charge in [-0.25, -0.2) is 0 Å². The fraction of sp³-hybridized carbons (Fsp3) is 0.133. The summed E-state index contributed by atoms with van der Waals surface area (Å²) in [5, 5.41) is 2.40. The van der Waals surface area contributed by atoms with Crippen LogP contribution in [-0.4, -0.2) is 11.3 Å². The number of nitrogens with two attached hydrogens (primary N) is 1. The smallest absolute Gasteiger partial charge is 0.157 e. The van der Waals surface area contributed by atoms with Crippen LogP contribution < -0.4 is 16.2 Å². The Labute approximate surface area is 99.4 Å². The van der Waals surface area contributed by atoms with Gasteiger partial charge in [0.05, 0.1) is 0 Å². The van der Waals surface area contributed by atoms with Gasteiger partial charge in [-0.1, -0.05) is 36.4 Å². The third-order valence-electron chi connectivity index (χ3n) is 3.40. The minimum atomic E-state index is -0.947. The van der Waals surface area contributed by atoms with Gasteiger partial charge in [0.15, 0.2) is 5.78 Å². The molecule has 17 heavy (non-hydrogen) atoms. The number of ketones is 1. The number of hydrogen-bond acceptors (Lipinski definition) is 2. The summed E-state index contributed by atoms with van der Waals surface area (Å²) >= 11 is 0. The van der Waals surface area contributed by atoms with Gasteiger partial charge < -0.3 is 5.73 Å². The lowest BCUT2D eigenvalue weighted by atomic mass is 9.86. The molecule has 0 radical (unpaired) electrons. The van der Waals surface area contributed by atoms with Crippen molar-refractivity contribution in [3.63, 3.8) is 0 Å². The van der Waals surface area contributed by atoms with E-state index in [2.05, 4.69) is 18.2 Å². The van der Waals surface area contributed by atoms with Crippen molar-refractivity contribution in [2.24, 2.45) is 5.73 Å². The molecule has 0 aromatic heterocycles. The summed E-state index contributed by atoms with van der Waals surface area (Å²) < 4.78 is 0. The largest absolute Gasteiger partial charge is 0.313 e. The first-order chi connectivity index (χ1) is 8.10. The minimum Gasteiger partial charge on any atom is -0.313 e. The van der Waals surface area contributed by atoms with Crippen LogP contribution in [0.3, 0.4) is 0 Å². The van der Waals surface area contributed by atoms with Crippen molar-refractivity contribution < 1.29 is 4.79 Å². The molecular formula is C15H13NO. The van der Waals surface area contributed by atoms with Gasteiger partial charge in [0.2, 0.25) is 0 Å². The highest BCUT2D eigenvalue weighted by atomic mass is 16.1. The summed E-state index contributed by atoms with van der Waals surface area (Å²) in [5.74, 6) is -0.0374. The van der Waals surface area contributed by atoms with E-state index in [0.717, 1.165) is 11.1 Å². The molecule has 2 aliphatic rings. The van der Waals surface area contributed by atoms with Crippen LogP contribution in [-0.2, 0) is 4.79 Å². The van der Waals surface area contributed by atoms with E-state index in [1.54, 1.807) is 6.08 Å². The SMILES string of the molecule is CC(=O)C1(N)C=CC2=c3ccccc3=CC2=C1. The number of hydrogen-bond donors (Lipinski definition) is 1. The highest BCUT2D eigenvalue weighted by Crippen LogP contribution is 2.26. The average Bonchev–Trinajstić information content (AvgIpc) is 2.65. The Kier molecular flexibility index (Phi) is 1.98. The lowest BCUT2D eigenvalue weighted by Gasteiger charge is -2.23. The van der Waals surface area contributed by atoms with Crippen molar-refractivity contribution in [3.05, 3.63) is 58.5 Å². The molecule has 84 valence electrons. The highest BCUT2D eigenvalue weighted by Gasteiger charge is 2.29. The van der Waals surface area contributed by atoms with Crippen LogP contribution in [0.4, 0.5) is 0 Å². The van der Waals surface area contributed by atoms with Crippen molar-refractivity contribution in [2.45, 2.75) is 12.5 Å². The van der Waals surface area contributed by atoms with Crippen molar-refractivity contribution in [1.29, 1.82) is 0 Å². The number of fused-ring (bicyclic) bond motifs is 2. The third kappa shape index (κ3) is 1.41. The van der Waals surface area contributed by atoms with E-state index in [1.807, 2.05) is 24.3 Å². The Morgan fingerprint density at radius 1 is 1.29 bits per heavy atom. The van der Waals surface area contributed by atoms with E-state index in [1.165, 1.54) is 17.4 Å². The summed E-state index contributed by atoms with van der Waals surface area (Å²) in [7, 11) is 0. The number of carbonyl (C=O) groups is 1. The van der Waals surface area contributed by atoms with E-state index in [-0.39, 0.29) is 5.78 Å². The lowest BCUT2D eigenvalue weighted by molar-refractivity contribution is -0.119. The van der Waals surface area contributed by atoms with Crippen LogP contribution in [0.2, 0.25) is 0 Å². The Balaban J connectivity index is 2.27. The Morgan fingerprint density at radius 3 is 2.82 bits per heavy atom. The average molecular weight is 223 g/mol. The van der Waals surface area contributed by atoms with Crippen LogP contribution >= 0.6 is 0 Å². The number of allylic oxidation sites excluding steroid dienone is 2. The molecule has 0 bridgehead atoms. The maximum absolute atomic E-state index is 11.5. The summed E-state index contributed by atoms with van der Waals surface area (Å²) in [5.41, 5.74) is 7.30. The molecule has 2 heteroatoms. The molecule has 1 unspecified atom stereocenters. The molecule has 1 atom stereocenters. The number of benzene rings is 1. The normalized spacial score (nSPS) is 24.8. The zero-order valence-corrected chi connectivity index (χ0v) is 9.60. The maximum Gasteiger partial charge on any atom is 0.157 e. The second-order valence-corrected chi connectivity index (χ2v) is 4.57. The van der Waals surface area contributed by atoms with Gasteiger partial charge in [-0.3, -0.25) is 4.79 Å². The first-order valence-corrected chi connectivity index (χ1v) is 5.64. The van der Waals surface area contributed by atoms with Crippen molar-refractivity contribution >= 4 is 17.4 Å². The highest BCUT2D eigenvalue weighted by molar-refractivity contribution is 5.97. The van der Waals surface area contributed by atoms with E-state index in [4.69, 9.17) is 5.73 Å². The molecule has 0 saturated carbocycles. The molecule has 2 nitrogen and oxygen atoms in total. The van der Waals surface area contributed by atoms with E-state index >= 15 is 0 Å². The summed E-state index contributed by atoms with van der Waals surface area (Å²) in [6.45, 7) is 1.52. The van der Waals surface area contributed by atoms with Gasteiger partial charge in [0, 0.05) is 0 Å². The predicted molar refractivity (Wildman–Crippen MR) is 68.4 cm³/mol. The van der Waals surface area contributed by atoms with Gasteiger partial charge in [0.1, 0.15) is 5.54 Å². The lowest BCUT2D eigenvalue weighted by Crippen LogP contribution is -2.44.